The average Bonchev–Trinajstić information content (AvgIpc) is 2.55. The van der Waals surface area contributed by atoms with Crippen LogP contribution in [0, 0.1) is 17.2 Å². The zero-order valence-electron chi connectivity index (χ0n) is 12.2. The molecular weight excluding hydrogens is 268 g/mol. The second-order valence-corrected chi connectivity index (χ2v) is 5.15. The number of rotatable bonds is 5. The number of methoxy groups -OCH3 is 1. The molecule has 1 saturated heterocycles. The molecule has 112 valence electrons. The fourth-order valence-corrected chi connectivity index (χ4v) is 2.54. The van der Waals surface area contributed by atoms with Crippen molar-refractivity contribution in [3.05, 3.63) is 29.8 Å². The van der Waals surface area contributed by atoms with Crippen molar-refractivity contribution in [2.45, 2.75) is 12.8 Å². The quantitative estimate of drug-likeness (QED) is 0.773. The molecule has 0 amide bonds. The molecule has 0 spiro atoms. The van der Waals surface area contributed by atoms with E-state index in [-0.39, 0.29) is 11.9 Å². The maximum absolute atomic E-state index is 11.6. The number of carbonyl (C=O) groups excluding carboxylic acids is 1. The third-order valence-corrected chi connectivity index (χ3v) is 3.70. The maximum Gasteiger partial charge on any atom is 0.309 e. The summed E-state index contributed by atoms with van der Waals surface area (Å²) in [5, 5.41) is 8.73. The van der Waals surface area contributed by atoms with Gasteiger partial charge in [-0.25, -0.2) is 0 Å². The molecule has 0 unspecified atom stereocenters. The molecular formula is C16H20N2O3. The Morgan fingerprint density at radius 1 is 1.43 bits per heavy atom. The van der Waals surface area contributed by atoms with E-state index in [0.29, 0.717) is 12.2 Å². The molecule has 2 rings (SSSR count). The van der Waals surface area contributed by atoms with Crippen molar-refractivity contribution in [2.24, 2.45) is 5.92 Å². The molecule has 1 aliphatic heterocycles. The Labute approximate surface area is 125 Å². The van der Waals surface area contributed by atoms with Gasteiger partial charge in [-0.2, -0.15) is 5.26 Å². The Bertz CT molecular complexity index is 507. The van der Waals surface area contributed by atoms with E-state index in [1.165, 1.54) is 7.11 Å². The Morgan fingerprint density at radius 3 is 2.86 bits per heavy atom. The summed E-state index contributed by atoms with van der Waals surface area (Å²) in [6.45, 7) is 3.08. The zero-order valence-corrected chi connectivity index (χ0v) is 12.2. The van der Waals surface area contributed by atoms with Crippen molar-refractivity contribution in [1.29, 1.82) is 5.26 Å². The molecule has 1 aromatic carbocycles. The molecule has 1 aromatic rings. The molecule has 0 aromatic heterocycles. The van der Waals surface area contributed by atoms with Gasteiger partial charge in [-0.05, 0) is 43.7 Å². The molecule has 21 heavy (non-hydrogen) atoms. The van der Waals surface area contributed by atoms with Crippen LogP contribution in [0.3, 0.4) is 0 Å². The lowest BCUT2D eigenvalue weighted by molar-refractivity contribution is -0.147. The Balaban J connectivity index is 1.75. The SMILES string of the molecule is COC(=O)[C@H]1CCCN(CCOc2ccc(C#N)cc2)C1. The van der Waals surface area contributed by atoms with Crippen molar-refractivity contribution < 1.29 is 14.3 Å². The van der Waals surface area contributed by atoms with Crippen LogP contribution in [0.4, 0.5) is 0 Å². The topological polar surface area (TPSA) is 62.6 Å². The fourth-order valence-electron chi connectivity index (χ4n) is 2.54. The van der Waals surface area contributed by atoms with Crippen LogP contribution < -0.4 is 4.74 Å². The number of nitrogens with zero attached hydrogens (tertiary/aromatic N) is 2. The minimum Gasteiger partial charge on any atom is -0.492 e. The van der Waals surface area contributed by atoms with Crippen LogP contribution in [0.5, 0.6) is 5.75 Å². The summed E-state index contributed by atoms with van der Waals surface area (Å²) in [4.78, 5) is 13.8. The Hall–Kier alpha value is -2.06. The van der Waals surface area contributed by atoms with Crippen molar-refractivity contribution in [3.63, 3.8) is 0 Å². The lowest BCUT2D eigenvalue weighted by atomic mass is 9.98. The molecule has 0 radical (unpaired) electrons. The molecule has 1 atom stereocenters. The van der Waals surface area contributed by atoms with E-state index in [1.54, 1.807) is 24.3 Å². The second-order valence-electron chi connectivity index (χ2n) is 5.15. The van der Waals surface area contributed by atoms with Crippen LogP contribution in [0.15, 0.2) is 24.3 Å². The number of benzene rings is 1. The molecule has 0 N–H and O–H groups in total. The van der Waals surface area contributed by atoms with Crippen LogP contribution in [-0.4, -0.2) is 44.2 Å². The highest BCUT2D eigenvalue weighted by Gasteiger charge is 2.26. The summed E-state index contributed by atoms with van der Waals surface area (Å²) in [5.41, 5.74) is 0.624. The number of nitriles is 1. The smallest absolute Gasteiger partial charge is 0.309 e. The molecule has 5 heteroatoms. The summed E-state index contributed by atoms with van der Waals surface area (Å²) in [7, 11) is 1.44. The Kier molecular flexibility index (Phi) is 5.59. The Morgan fingerprint density at radius 2 is 2.19 bits per heavy atom. The molecule has 0 saturated carbocycles. The summed E-state index contributed by atoms with van der Waals surface area (Å²) < 4.78 is 10.5. The lowest BCUT2D eigenvalue weighted by Gasteiger charge is -2.31. The molecule has 5 nitrogen and oxygen atoms in total. The van der Waals surface area contributed by atoms with Crippen molar-refractivity contribution in [3.8, 4) is 11.8 Å². The first-order chi connectivity index (χ1) is 10.2. The average molecular weight is 288 g/mol. The summed E-state index contributed by atoms with van der Waals surface area (Å²) in [5.74, 6) is 0.627. The van der Waals surface area contributed by atoms with Crippen molar-refractivity contribution in [2.75, 3.05) is 33.4 Å². The highest BCUT2D eigenvalue weighted by molar-refractivity contribution is 5.72. The minimum atomic E-state index is -0.118. The number of carbonyl (C=O) groups is 1. The zero-order chi connectivity index (χ0) is 15.1. The second kappa shape index (κ2) is 7.65. The number of piperidine rings is 1. The van der Waals surface area contributed by atoms with E-state index < -0.39 is 0 Å². The predicted octanol–water partition coefficient (Wildman–Crippen LogP) is 1.82. The fraction of sp³-hybridized carbons (Fsp3) is 0.500. The maximum atomic E-state index is 11.6. The molecule has 1 heterocycles. The normalized spacial score (nSPS) is 18.8. The minimum absolute atomic E-state index is 0.0151. The van der Waals surface area contributed by atoms with E-state index in [0.717, 1.165) is 38.2 Å². The predicted molar refractivity (Wildman–Crippen MR) is 77.8 cm³/mol. The van der Waals surface area contributed by atoms with Gasteiger partial charge >= 0.3 is 5.97 Å². The van der Waals surface area contributed by atoms with Gasteiger partial charge in [-0.3, -0.25) is 9.69 Å². The number of hydrogen-bond donors (Lipinski definition) is 0. The molecule has 0 aliphatic carbocycles. The van der Waals surface area contributed by atoms with Crippen LogP contribution in [0.2, 0.25) is 0 Å². The van der Waals surface area contributed by atoms with Crippen LogP contribution >= 0.6 is 0 Å². The van der Waals surface area contributed by atoms with Crippen LogP contribution in [-0.2, 0) is 9.53 Å². The first-order valence-electron chi connectivity index (χ1n) is 7.16. The van der Waals surface area contributed by atoms with E-state index in [4.69, 9.17) is 14.7 Å². The molecule has 1 fully saturated rings. The summed E-state index contributed by atoms with van der Waals surface area (Å²) in [6.07, 6.45) is 1.91. The number of esters is 1. The highest BCUT2D eigenvalue weighted by atomic mass is 16.5. The molecule has 1 aliphatic rings. The van der Waals surface area contributed by atoms with Crippen molar-refractivity contribution >= 4 is 5.97 Å². The van der Waals surface area contributed by atoms with Gasteiger partial charge in [0.1, 0.15) is 12.4 Å². The van der Waals surface area contributed by atoms with E-state index >= 15 is 0 Å². The number of likely N-dealkylation sites (tertiary alicyclic amines) is 1. The number of hydrogen-bond acceptors (Lipinski definition) is 5. The van der Waals surface area contributed by atoms with E-state index in [1.807, 2.05) is 0 Å². The van der Waals surface area contributed by atoms with Gasteiger partial charge in [-0.1, -0.05) is 0 Å². The van der Waals surface area contributed by atoms with Gasteiger partial charge in [0.2, 0.25) is 0 Å². The first-order valence-corrected chi connectivity index (χ1v) is 7.16. The van der Waals surface area contributed by atoms with E-state index in [9.17, 15) is 4.79 Å². The van der Waals surface area contributed by atoms with Gasteiger partial charge in [0.15, 0.2) is 0 Å². The van der Waals surface area contributed by atoms with Crippen LogP contribution in [0.25, 0.3) is 0 Å². The summed E-state index contributed by atoms with van der Waals surface area (Å²) >= 11 is 0. The van der Waals surface area contributed by atoms with Gasteiger partial charge < -0.3 is 9.47 Å². The third kappa shape index (κ3) is 4.47. The number of ether oxygens (including phenoxy) is 2. The lowest BCUT2D eigenvalue weighted by Crippen LogP contribution is -2.41. The molecule has 0 bridgehead atoms. The monoisotopic (exact) mass is 288 g/mol. The largest absolute Gasteiger partial charge is 0.492 e. The standard InChI is InChI=1S/C16H20N2O3/c1-20-16(19)14-3-2-8-18(12-14)9-10-21-15-6-4-13(11-17)5-7-15/h4-7,14H,2-3,8-10,12H2,1H3/t14-/m0/s1. The van der Waals surface area contributed by atoms with E-state index in [2.05, 4.69) is 11.0 Å². The summed E-state index contributed by atoms with van der Waals surface area (Å²) in [6, 6.07) is 9.15. The van der Waals surface area contributed by atoms with Gasteiger partial charge in [0.25, 0.3) is 0 Å². The third-order valence-electron chi connectivity index (χ3n) is 3.70. The van der Waals surface area contributed by atoms with Gasteiger partial charge in [0, 0.05) is 13.1 Å². The van der Waals surface area contributed by atoms with Gasteiger partial charge in [0.05, 0.1) is 24.7 Å². The van der Waals surface area contributed by atoms with Crippen LogP contribution in [0.1, 0.15) is 18.4 Å². The first kappa shape index (κ1) is 15.3. The highest BCUT2D eigenvalue weighted by Crippen LogP contribution is 2.17. The van der Waals surface area contributed by atoms with Gasteiger partial charge in [-0.15, -0.1) is 0 Å². The van der Waals surface area contributed by atoms with Crippen molar-refractivity contribution in [1.82, 2.24) is 4.90 Å².